The summed E-state index contributed by atoms with van der Waals surface area (Å²) in [5.41, 5.74) is -0.139. The molecule has 0 saturated carbocycles. The molecule has 106 valence electrons. The third-order valence-electron chi connectivity index (χ3n) is 2.08. The summed E-state index contributed by atoms with van der Waals surface area (Å²) in [5, 5.41) is 8.10. The summed E-state index contributed by atoms with van der Waals surface area (Å²) in [6.45, 7) is 8.21. The predicted octanol–water partition coefficient (Wildman–Crippen LogP) is 1.27. The van der Waals surface area contributed by atoms with Crippen molar-refractivity contribution in [3.05, 3.63) is 0 Å². The highest BCUT2D eigenvalue weighted by molar-refractivity contribution is 5.80. The number of carboxylic acids is 1. The van der Waals surface area contributed by atoms with Crippen LogP contribution in [0, 0.1) is 5.41 Å². The van der Waals surface area contributed by atoms with Crippen molar-refractivity contribution in [3.63, 3.8) is 0 Å². The number of hydrogen-bond donors (Lipinski definition) is 1. The molecule has 0 rings (SSSR count). The van der Waals surface area contributed by atoms with Gasteiger partial charge in [0.2, 0.25) is 0 Å². The molecule has 0 aliphatic carbocycles. The van der Waals surface area contributed by atoms with E-state index in [9.17, 15) is 14.4 Å². The van der Waals surface area contributed by atoms with Crippen LogP contribution in [0.25, 0.3) is 0 Å². The number of carbonyl (C=O) groups is 3. The van der Waals surface area contributed by atoms with Gasteiger partial charge in [0.15, 0.2) is 12.7 Å². The fraction of sp³-hybridized carbons (Fsp3) is 0.750. The Balaban J connectivity index is 0. The standard InChI is InChI=1S/C6H10O5.C6H12O/c1-4(10-2)6(9)11-3-5(7)8;1-5(7)6(2,3)4/h4H,3H2,1-2H3,(H,7,8);1-4H3. The van der Waals surface area contributed by atoms with Gasteiger partial charge in [-0.15, -0.1) is 0 Å². The molecule has 0 radical (unpaired) electrons. The van der Waals surface area contributed by atoms with Gasteiger partial charge < -0.3 is 14.6 Å². The number of hydrogen-bond acceptors (Lipinski definition) is 5. The molecule has 0 aliphatic heterocycles. The summed E-state index contributed by atoms with van der Waals surface area (Å²) in [6, 6.07) is 0. The summed E-state index contributed by atoms with van der Waals surface area (Å²) in [5.74, 6) is -1.61. The molecule has 0 spiro atoms. The van der Waals surface area contributed by atoms with Crippen molar-refractivity contribution < 1.29 is 29.0 Å². The SMILES string of the molecule is CC(=O)C(C)(C)C.COC(C)C(=O)OCC(=O)O. The normalized spacial score (nSPS) is 11.9. The van der Waals surface area contributed by atoms with Gasteiger partial charge in [-0.2, -0.15) is 0 Å². The van der Waals surface area contributed by atoms with Gasteiger partial charge in [-0.25, -0.2) is 9.59 Å². The minimum atomic E-state index is -1.18. The number of methoxy groups -OCH3 is 1. The Morgan fingerprint density at radius 3 is 1.83 bits per heavy atom. The molecular formula is C12H22O6. The lowest BCUT2D eigenvalue weighted by molar-refractivity contribution is -0.162. The highest BCUT2D eigenvalue weighted by atomic mass is 16.6. The molecule has 0 fully saturated rings. The maximum absolute atomic E-state index is 10.7. The van der Waals surface area contributed by atoms with E-state index in [4.69, 9.17) is 5.11 Å². The average Bonchev–Trinajstić information content (AvgIpc) is 2.24. The van der Waals surface area contributed by atoms with Gasteiger partial charge in [0.1, 0.15) is 5.78 Å². The van der Waals surface area contributed by atoms with Crippen molar-refractivity contribution >= 4 is 17.7 Å². The number of aliphatic carboxylic acids is 1. The summed E-state index contributed by atoms with van der Waals surface area (Å²) in [7, 11) is 1.34. The molecule has 0 heterocycles. The Hall–Kier alpha value is -1.43. The number of carbonyl (C=O) groups excluding carboxylic acids is 2. The molecule has 1 atom stereocenters. The molecule has 18 heavy (non-hydrogen) atoms. The predicted molar refractivity (Wildman–Crippen MR) is 65.2 cm³/mol. The van der Waals surface area contributed by atoms with Crippen LogP contribution in [0.15, 0.2) is 0 Å². The maximum Gasteiger partial charge on any atom is 0.341 e. The molecule has 0 aromatic heterocycles. The zero-order chi connectivity index (χ0) is 14.9. The zero-order valence-corrected chi connectivity index (χ0v) is 11.8. The molecule has 0 amide bonds. The second kappa shape index (κ2) is 8.63. The van der Waals surface area contributed by atoms with Crippen LogP contribution >= 0.6 is 0 Å². The van der Waals surface area contributed by atoms with Crippen LogP contribution in [-0.4, -0.2) is 42.6 Å². The number of esters is 1. The van der Waals surface area contributed by atoms with E-state index in [2.05, 4.69) is 9.47 Å². The van der Waals surface area contributed by atoms with E-state index in [1.54, 1.807) is 6.92 Å². The fourth-order valence-corrected chi connectivity index (χ4v) is 0.346. The van der Waals surface area contributed by atoms with Crippen LogP contribution in [0.1, 0.15) is 34.6 Å². The molecule has 0 saturated heterocycles. The molecule has 0 aromatic rings. The van der Waals surface area contributed by atoms with E-state index in [0.29, 0.717) is 0 Å². The summed E-state index contributed by atoms with van der Waals surface area (Å²) < 4.78 is 8.87. The summed E-state index contributed by atoms with van der Waals surface area (Å²) >= 11 is 0. The topological polar surface area (TPSA) is 89.9 Å². The highest BCUT2D eigenvalue weighted by Crippen LogP contribution is 2.12. The van der Waals surface area contributed by atoms with Crippen LogP contribution < -0.4 is 0 Å². The van der Waals surface area contributed by atoms with Gasteiger partial charge in [0, 0.05) is 12.5 Å². The molecular weight excluding hydrogens is 240 g/mol. The first-order valence-corrected chi connectivity index (χ1v) is 5.44. The van der Waals surface area contributed by atoms with Crippen molar-refractivity contribution in [2.45, 2.75) is 40.7 Å². The largest absolute Gasteiger partial charge is 0.479 e. The van der Waals surface area contributed by atoms with Gasteiger partial charge in [0.25, 0.3) is 0 Å². The molecule has 0 bridgehead atoms. The molecule has 1 unspecified atom stereocenters. The van der Waals surface area contributed by atoms with Gasteiger partial charge >= 0.3 is 11.9 Å². The Morgan fingerprint density at radius 2 is 1.61 bits per heavy atom. The van der Waals surface area contributed by atoms with Crippen molar-refractivity contribution in [3.8, 4) is 0 Å². The van der Waals surface area contributed by atoms with Gasteiger partial charge in [-0.05, 0) is 13.8 Å². The van der Waals surface area contributed by atoms with E-state index in [-0.39, 0.29) is 11.2 Å². The van der Waals surface area contributed by atoms with Gasteiger partial charge in [-0.1, -0.05) is 20.8 Å². The first-order chi connectivity index (χ1) is 8.02. The minimum absolute atomic E-state index is 0.139. The average molecular weight is 262 g/mol. The third kappa shape index (κ3) is 11.1. The second-order valence-corrected chi connectivity index (χ2v) is 4.69. The fourth-order valence-electron chi connectivity index (χ4n) is 0.346. The first kappa shape index (κ1) is 18.9. The number of rotatable bonds is 4. The van der Waals surface area contributed by atoms with Crippen molar-refractivity contribution in [2.24, 2.45) is 5.41 Å². The zero-order valence-electron chi connectivity index (χ0n) is 11.8. The van der Waals surface area contributed by atoms with E-state index < -0.39 is 24.6 Å². The molecule has 0 aromatic carbocycles. The number of ether oxygens (including phenoxy) is 2. The van der Waals surface area contributed by atoms with E-state index in [0.717, 1.165) is 0 Å². The minimum Gasteiger partial charge on any atom is -0.479 e. The van der Waals surface area contributed by atoms with E-state index in [1.807, 2.05) is 20.8 Å². The van der Waals surface area contributed by atoms with Crippen molar-refractivity contribution in [2.75, 3.05) is 13.7 Å². The van der Waals surface area contributed by atoms with Gasteiger partial charge in [-0.3, -0.25) is 4.79 Å². The van der Waals surface area contributed by atoms with Crippen molar-refractivity contribution in [1.29, 1.82) is 0 Å². The molecule has 1 N–H and O–H groups in total. The summed E-state index contributed by atoms with van der Waals surface area (Å²) in [6.07, 6.45) is -0.714. The van der Waals surface area contributed by atoms with E-state index >= 15 is 0 Å². The number of ketones is 1. The van der Waals surface area contributed by atoms with Gasteiger partial charge in [0.05, 0.1) is 0 Å². The number of Topliss-reactive ketones (excluding diaryl/α,β-unsaturated/α-hetero) is 1. The maximum atomic E-state index is 10.7. The lowest BCUT2D eigenvalue weighted by Crippen LogP contribution is -2.24. The highest BCUT2D eigenvalue weighted by Gasteiger charge is 2.15. The molecule has 6 nitrogen and oxygen atoms in total. The second-order valence-electron chi connectivity index (χ2n) is 4.69. The Labute approximate surface area is 107 Å². The van der Waals surface area contributed by atoms with E-state index in [1.165, 1.54) is 14.0 Å². The lowest BCUT2D eigenvalue weighted by Gasteiger charge is -2.11. The molecule has 0 aliphatic rings. The van der Waals surface area contributed by atoms with Crippen molar-refractivity contribution in [1.82, 2.24) is 0 Å². The Morgan fingerprint density at radius 1 is 1.22 bits per heavy atom. The molecule has 6 heteroatoms. The number of carboxylic acid groups (broad SMARTS) is 1. The third-order valence-corrected chi connectivity index (χ3v) is 2.08. The Bertz CT molecular complexity index is 289. The van der Waals surface area contributed by atoms with Crippen LogP contribution in [0.4, 0.5) is 0 Å². The quantitative estimate of drug-likeness (QED) is 0.767. The smallest absolute Gasteiger partial charge is 0.341 e. The Kier molecular flexibility index (Phi) is 9.07. The van der Waals surface area contributed by atoms with Crippen LogP contribution in [0.2, 0.25) is 0 Å². The van der Waals surface area contributed by atoms with Crippen LogP contribution in [0.3, 0.4) is 0 Å². The summed E-state index contributed by atoms with van der Waals surface area (Å²) in [4.78, 5) is 31.0. The van der Waals surface area contributed by atoms with Crippen LogP contribution in [-0.2, 0) is 23.9 Å². The lowest BCUT2D eigenvalue weighted by atomic mass is 9.92. The van der Waals surface area contributed by atoms with Crippen LogP contribution in [0.5, 0.6) is 0 Å². The monoisotopic (exact) mass is 262 g/mol. The first-order valence-electron chi connectivity index (χ1n) is 5.44.